The number of amides is 1. The summed E-state index contributed by atoms with van der Waals surface area (Å²) in [5, 5.41) is 7.17. The largest absolute Gasteiger partial charge is 0.489 e. The molecule has 0 aliphatic carbocycles. The van der Waals surface area contributed by atoms with Gasteiger partial charge in [0.2, 0.25) is 0 Å². The Bertz CT molecular complexity index is 644. The van der Waals surface area contributed by atoms with Crippen LogP contribution >= 0.6 is 0 Å². The number of carbonyl (C=O) groups excluding carboxylic acids is 1. The first-order chi connectivity index (χ1) is 10.9. The molecule has 0 radical (unpaired) electrons. The maximum atomic E-state index is 12.4. The summed E-state index contributed by atoms with van der Waals surface area (Å²) < 4.78 is 7.31. The average molecular weight is 316 g/mol. The van der Waals surface area contributed by atoms with Gasteiger partial charge in [0, 0.05) is 12.1 Å². The smallest absolute Gasteiger partial charge is 0.275 e. The van der Waals surface area contributed by atoms with Crippen LogP contribution in [0, 0.1) is 0 Å². The fourth-order valence-electron chi connectivity index (χ4n) is 1.94. The van der Waals surface area contributed by atoms with Crippen molar-refractivity contribution in [2.24, 2.45) is 5.73 Å². The van der Waals surface area contributed by atoms with Crippen LogP contribution in [0.2, 0.25) is 0 Å². The highest BCUT2D eigenvalue weighted by atomic mass is 16.5. The number of nitrogens with zero attached hydrogens (tertiary/aromatic N) is 2. The minimum atomic E-state index is -0.484. The molecule has 0 bridgehead atoms. The van der Waals surface area contributed by atoms with Crippen LogP contribution in [0.1, 0.15) is 37.7 Å². The van der Waals surface area contributed by atoms with Crippen molar-refractivity contribution in [1.29, 1.82) is 0 Å². The number of aromatic nitrogens is 2. The number of rotatable bonds is 7. The van der Waals surface area contributed by atoms with Gasteiger partial charge in [-0.1, -0.05) is 25.1 Å². The van der Waals surface area contributed by atoms with E-state index in [1.165, 1.54) is 0 Å². The van der Waals surface area contributed by atoms with Gasteiger partial charge in [0.25, 0.3) is 5.91 Å². The SMILES string of the molecule is CCCOc1cn(-c2ccccc2)nc1C(=O)NCC(C)(C)N. The Morgan fingerprint density at radius 1 is 1.35 bits per heavy atom. The lowest BCUT2D eigenvalue weighted by molar-refractivity contribution is 0.0936. The number of benzene rings is 1. The fourth-order valence-corrected chi connectivity index (χ4v) is 1.94. The molecule has 0 saturated carbocycles. The van der Waals surface area contributed by atoms with Gasteiger partial charge in [0.05, 0.1) is 18.5 Å². The fraction of sp³-hybridized carbons (Fsp3) is 0.412. The molecule has 0 aliphatic rings. The molecule has 1 amide bonds. The standard InChI is InChI=1S/C17H24N4O2/c1-4-10-23-14-11-21(13-8-6-5-7-9-13)20-15(14)16(22)19-12-17(2,3)18/h5-9,11H,4,10,12,18H2,1-3H3,(H,19,22). The van der Waals surface area contributed by atoms with Crippen molar-refractivity contribution in [3.8, 4) is 11.4 Å². The molecule has 3 N–H and O–H groups in total. The molecule has 23 heavy (non-hydrogen) atoms. The van der Waals surface area contributed by atoms with Crippen LogP contribution < -0.4 is 15.8 Å². The van der Waals surface area contributed by atoms with Gasteiger partial charge in [-0.2, -0.15) is 5.10 Å². The summed E-state index contributed by atoms with van der Waals surface area (Å²) >= 11 is 0. The molecular formula is C17H24N4O2. The van der Waals surface area contributed by atoms with Gasteiger partial charge in [-0.15, -0.1) is 0 Å². The number of nitrogens with one attached hydrogen (secondary N) is 1. The van der Waals surface area contributed by atoms with Crippen molar-refractivity contribution in [2.45, 2.75) is 32.7 Å². The predicted molar refractivity (Wildman–Crippen MR) is 89.9 cm³/mol. The zero-order chi connectivity index (χ0) is 16.9. The molecule has 0 atom stereocenters. The summed E-state index contributed by atoms with van der Waals surface area (Å²) in [5.41, 5.74) is 6.56. The molecule has 0 unspecified atom stereocenters. The highest BCUT2D eigenvalue weighted by Crippen LogP contribution is 2.20. The van der Waals surface area contributed by atoms with Gasteiger partial charge >= 0.3 is 0 Å². The summed E-state index contributed by atoms with van der Waals surface area (Å²) in [6, 6.07) is 9.60. The van der Waals surface area contributed by atoms with Crippen LogP contribution in [0.15, 0.2) is 36.5 Å². The summed E-state index contributed by atoms with van der Waals surface area (Å²) in [6.07, 6.45) is 2.58. The first-order valence-corrected chi connectivity index (χ1v) is 7.75. The zero-order valence-electron chi connectivity index (χ0n) is 13.9. The van der Waals surface area contributed by atoms with Gasteiger partial charge in [-0.3, -0.25) is 4.79 Å². The molecule has 6 nitrogen and oxygen atoms in total. The van der Waals surface area contributed by atoms with Gasteiger partial charge in [0.15, 0.2) is 11.4 Å². The Balaban J connectivity index is 2.25. The number of ether oxygens (including phenoxy) is 1. The van der Waals surface area contributed by atoms with Crippen LogP contribution in [-0.4, -0.2) is 34.4 Å². The quantitative estimate of drug-likeness (QED) is 0.820. The van der Waals surface area contributed by atoms with Gasteiger partial charge < -0.3 is 15.8 Å². The molecule has 0 spiro atoms. The maximum Gasteiger partial charge on any atom is 0.275 e. The number of hydrogen-bond donors (Lipinski definition) is 2. The maximum absolute atomic E-state index is 12.4. The second-order valence-electron chi connectivity index (χ2n) is 6.14. The van der Waals surface area contributed by atoms with E-state index in [4.69, 9.17) is 10.5 Å². The summed E-state index contributed by atoms with van der Waals surface area (Å²) in [7, 11) is 0. The van der Waals surface area contributed by atoms with Crippen molar-refractivity contribution < 1.29 is 9.53 Å². The topological polar surface area (TPSA) is 82.2 Å². The summed E-state index contributed by atoms with van der Waals surface area (Å²) in [5.74, 6) is 0.187. The molecule has 1 heterocycles. The molecule has 0 aliphatic heterocycles. The van der Waals surface area contributed by atoms with Crippen molar-refractivity contribution in [2.75, 3.05) is 13.2 Å². The summed E-state index contributed by atoms with van der Waals surface area (Å²) in [6.45, 7) is 6.60. The van der Waals surface area contributed by atoms with E-state index in [2.05, 4.69) is 10.4 Å². The molecule has 2 rings (SSSR count). The lowest BCUT2D eigenvalue weighted by atomic mass is 10.1. The van der Waals surface area contributed by atoms with Crippen LogP contribution in [0.5, 0.6) is 5.75 Å². The monoisotopic (exact) mass is 316 g/mol. The Morgan fingerprint density at radius 2 is 2.04 bits per heavy atom. The van der Waals surface area contributed by atoms with E-state index in [9.17, 15) is 4.79 Å². The first kappa shape index (κ1) is 17.0. The third-order valence-corrected chi connectivity index (χ3v) is 3.08. The van der Waals surface area contributed by atoms with Crippen LogP contribution in [0.25, 0.3) is 5.69 Å². The van der Waals surface area contributed by atoms with Crippen LogP contribution in [0.4, 0.5) is 0 Å². The van der Waals surface area contributed by atoms with E-state index in [-0.39, 0.29) is 11.6 Å². The number of para-hydroxylation sites is 1. The lowest BCUT2D eigenvalue weighted by Crippen LogP contribution is -2.45. The van der Waals surface area contributed by atoms with Gasteiger partial charge in [-0.05, 0) is 32.4 Å². The van der Waals surface area contributed by atoms with Crippen molar-refractivity contribution in [3.63, 3.8) is 0 Å². The lowest BCUT2D eigenvalue weighted by Gasteiger charge is -2.18. The van der Waals surface area contributed by atoms with Gasteiger partial charge in [-0.25, -0.2) is 4.68 Å². The van der Waals surface area contributed by atoms with Gasteiger partial charge in [0.1, 0.15) is 0 Å². The molecule has 6 heteroatoms. The van der Waals surface area contributed by atoms with E-state index >= 15 is 0 Å². The molecule has 1 aromatic heterocycles. The second kappa shape index (κ2) is 7.28. The third kappa shape index (κ3) is 4.82. The molecular weight excluding hydrogens is 292 g/mol. The number of hydrogen-bond acceptors (Lipinski definition) is 4. The van der Waals surface area contributed by atoms with Crippen molar-refractivity contribution in [1.82, 2.24) is 15.1 Å². The molecule has 2 aromatic rings. The molecule has 1 aromatic carbocycles. The van der Waals surface area contributed by atoms with Crippen molar-refractivity contribution in [3.05, 3.63) is 42.2 Å². The average Bonchev–Trinajstić information content (AvgIpc) is 2.95. The Hall–Kier alpha value is -2.34. The normalized spacial score (nSPS) is 11.3. The third-order valence-electron chi connectivity index (χ3n) is 3.08. The van der Waals surface area contributed by atoms with E-state index in [0.717, 1.165) is 12.1 Å². The van der Waals surface area contributed by atoms with Crippen molar-refractivity contribution >= 4 is 5.91 Å². The zero-order valence-corrected chi connectivity index (χ0v) is 13.9. The van der Waals surface area contributed by atoms with E-state index in [1.54, 1.807) is 10.9 Å². The summed E-state index contributed by atoms with van der Waals surface area (Å²) in [4.78, 5) is 12.4. The van der Waals surface area contributed by atoms with E-state index < -0.39 is 5.54 Å². The highest BCUT2D eigenvalue weighted by molar-refractivity contribution is 5.95. The Morgan fingerprint density at radius 3 is 2.65 bits per heavy atom. The Kier molecular flexibility index (Phi) is 5.39. The van der Waals surface area contributed by atoms with E-state index in [0.29, 0.717) is 18.9 Å². The number of nitrogens with two attached hydrogens (primary N) is 1. The first-order valence-electron chi connectivity index (χ1n) is 7.75. The highest BCUT2D eigenvalue weighted by Gasteiger charge is 2.21. The molecule has 0 fully saturated rings. The second-order valence-corrected chi connectivity index (χ2v) is 6.14. The van der Waals surface area contributed by atoms with E-state index in [1.807, 2.05) is 51.1 Å². The number of carbonyl (C=O) groups is 1. The molecule has 0 saturated heterocycles. The Labute approximate surface area is 136 Å². The van der Waals surface area contributed by atoms with Crippen LogP contribution in [0.3, 0.4) is 0 Å². The minimum absolute atomic E-state index is 0.270. The molecule has 124 valence electrons. The van der Waals surface area contributed by atoms with Crippen LogP contribution in [-0.2, 0) is 0 Å². The minimum Gasteiger partial charge on any atom is -0.489 e. The predicted octanol–water partition coefficient (Wildman–Crippen LogP) is 2.13.